The smallest absolute Gasteiger partial charge is 0.329 e. The lowest BCUT2D eigenvalue weighted by Gasteiger charge is -2.15. The van der Waals surface area contributed by atoms with Gasteiger partial charge in [0, 0.05) is 23.5 Å². The Morgan fingerprint density at radius 2 is 1.74 bits per heavy atom. The summed E-state index contributed by atoms with van der Waals surface area (Å²) in [6.07, 6.45) is 1.57. The summed E-state index contributed by atoms with van der Waals surface area (Å²) in [5.41, 5.74) is 8.80. The maximum absolute atomic E-state index is 11.8. The molecule has 144 valence electrons. The lowest BCUT2D eigenvalue weighted by molar-refractivity contribution is -0.139. The Hall–Kier alpha value is -2.89. The van der Waals surface area contributed by atoms with Gasteiger partial charge >= 0.3 is 11.8 Å². The molecule has 0 fully saturated rings. The molecule has 2 rings (SSSR count). The molecule has 0 bridgehead atoms. The summed E-state index contributed by atoms with van der Waals surface area (Å²) in [7, 11) is 0. The summed E-state index contributed by atoms with van der Waals surface area (Å²) in [5, 5.41) is 6.50. The van der Waals surface area contributed by atoms with Crippen LogP contribution in [0.5, 0.6) is 0 Å². The first-order valence-corrected chi connectivity index (χ1v) is 9.09. The number of benzene rings is 1. The molecule has 0 unspecified atom stereocenters. The third-order valence-electron chi connectivity index (χ3n) is 4.38. The van der Waals surface area contributed by atoms with Crippen molar-refractivity contribution >= 4 is 18.0 Å². The second-order valence-electron chi connectivity index (χ2n) is 7.21. The predicted molar refractivity (Wildman–Crippen MR) is 108 cm³/mol. The number of aromatic nitrogens is 1. The van der Waals surface area contributed by atoms with E-state index in [9.17, 15) is 9.59 Å². The highest BCUT2D eigenvalue weighted by Gasteiger charge is 2.14. The van der Waals surface area contributed by atoms with E-state index < -0.39 is 11.8 Å². The average Bonchev–Trinajstić information content (AvgIpc) is 2.87. The highest BCUT2D eigenvalue weighted by atomic mass is 16.2. The lowest BCUT2D eigenvalue weighted by atomic mass is 10.1. The maximum Gasteiger partial charge on any atom is 0.329 e. The molecule has 6 heteroatoms. The fourth-order valence-corrected chi connectivity index (χ4v) is 3.01. The predicted octanol–water partition coefficient (Wildman–Crippen LogP) is 2.93. The van der Waals surface area contributed by atoms with E-state index in [-0.39, 0.29) is 5.92 Å². The van der Waals surface area contributed by atoms with Crippen LogP contribution in [-0.2, 0) is 9.59 Å². The number of para-hydroxylation sites is 1. The summed E-state index contributed by atoms with van der Waals surface area (Å²) in [6, 6.07) is 8.23. The van der Waals surface area contributed by atoms with Crippen molar-refractivity contribution in [2.24, 2.45) is 11.0 Å². The topological polar surface area (TPSA) is 75.5 Å². The van der Waals surface area contributed by atoms with E-state index in [1.54, 1.807) is 6.21 Å². The summed E-state index contributed by atoms with van der Waals surface area (Å²) in [6.45, 7) is 12.6. The third kappa shape index (κ3) is 4.84. The molecule has 0 aliphatic rings. The highest BCUT2D eigenvalue weighted by molar-refractivity contribution is 6.35. The van der Waals surface area contributed by atoms with Crippen LogP contribution in [0.3, 0.4) is 0 Å². The van der Waals surface area contributed by atoms with Crippen LogP contribution in [0, 0.1) is 33.6 Å². The van der Waals surface area contributed by atoms with Gasteiger partial charge in [0.25, 0.3) is 0 Å². The number of amides is 2. The number of carbonyl (C=O) groups is 2. The molecule has 27 heavy (non-hydrogen) atoms. The minimum atomic E-state index is -0.768. The highest BCUT2D eigenvalue weighted by Crippen LogP contribution is 2.25. The van der Waals surface area contributed by atoms with Crippen molar-refractivity contribution in [1.82, 2.24) is 15.3 Å². The van der Waals surface area contributed by atoms with E-state index in [1.807, 2.05) is 39.8 Å². The summed E-state index contributed by atoms with van der Waals surface area (Å²) in [5.74, 6) is -1.17. The molecule has 0 atom stereocenters. The molecule has 0 saturated carbocycles. The number of hydrogen-bond donors (Lipinski definition) is 2. The van der Waals surface area contributed by atoms with Gasteiger partial charge in [-0.15, -0.1) is 0 Å². The Morgan fingerprint density at radius 1 is 1.11 bits per heavy atom. The van der Waals surface area contributed by atoms with Crippen LogP contribution in [0.2, 0.25) is 0 Å². The number of nitrogens with zero attached hydrogens (tertiary/aromatic N) is 2. The molecule has 2 amide bonds. The van der Waals surface area contributed by atoms with Crippen molar-refractivity contribution in [2.75, 3.05) is 6.54 Å². The fourth-order valence-electron chi connectivity index (χ4n) is 3.01. The van der Waals surface area contributed by atoms with Crippen molar-refractivity contribution < 1.29 is 9.59 Å². The zero-order chi connectivity index (χ0) is 20.1. The quantitative estimate of drug-likeness (QED) is 0.484. The molecule has 0 saturated heterocycles. The molecule has 0 radical (unpaired) electrons. The van der Waals surface area contributed by atoms with Crippen molar-refractivity contribution in [3.8, 4) is 5.69 Å². The molecule has 6 nitrogen and oxygen atoms in total. The normalized spacial score (nSPS) is 11.2. The second-order valence-corrected chi connectivity index (χ2v) is 7.21. The number of nitrogens with one attached hydrogen (secondary N) is 2. The van der Waals surface area contributed by atoms with E-state index in [2.05, 4.69) is 46.4 Å². The Kier molecular flexibility index (Phi) is 6.55. The first-order chi connectivity index (χ1) is 12.7. The molecule has 0 spiro atoms. The molecule has 2 aromatic rings. The molecule has 1 heterocycles. The van der Waals surface area contributed by atoms with Crippen molar-refractivity contribution in [3.05, 3.63) is 52.3 Å². The minimum absolute atomic E-state index is 0.278. The van der Waals surface area contributed by atoms with Crippen LogP contribution >= 0.6 is 0 Å². The standard InChI is InChI=1S/C21H28N4O2/c1-13(2)11-22-20(26)21(27)24-23-12-18-10-16(5)25(17(18)6)19-14(3)8-7-9-15(19)4/h7-10,12-13H,11H2,1-6H3,(H,22,26)(H,24,27)/b23-12+. The van der Waals surface area contributed by atoms with Crippen LogP contribution in [0.1, 0.15) is 41.9 Å². The fraction of sp³-hybridized carbons (Fsp3) is 0.381. The van der Waals surface area contributed by atoms with E-state index in [0.717, 1.165) is 22.6 Å². The van der Waals surface area contributed by atoms with Crippen LogP contribution < -0.4 is 10.7 Å². The molecule has 1 aromatic carbocycles. The van der Waals surface area contributed by atoms with Gasteiger partial charge in [-0.05, 0) is 50.8 Å². The Morgan fingerprint density at radius 3 is 2.33 bits per heavy atom. The minimum Gasteiger partial charge on any atom is -0.348 e. The average molecular weight is 368 g/mol. The van der Waals surface area contributed by atoms with Gasteiger partial charge in [-0.25, -0.2) is 5.43 Å². The van der Waals surface area contributed by atoms with Crippen molar-refractivity contribution in [3.63, 3.8) is 0 Å². The van der Waals surface area contributed by atoms with Crippen LogP contribution in [0.15, 0.2) is 29.4 Å². The second kappa shape index (κ2) is 8.66. The van der Waals surface area contributed by atoms with E-state index in [0.29, 0.717) is 6.54 Å². The third-order valence-corrected chi connectivity index (χ3v) is 4.38. The molecule has 2 N–H and O–H groups in total. The summed E-state index contributed by atoms with van der Waals surface area (Å²) < 4.78 is 2.18. The summed E-state index contributed by atoms with van der Waals surface area (Å²) >= 11 is 0. The van der Waals surface area contributed by atoms with Gasteiger partial charge < -0.3 is 9.88 Å². The van der Waals surface area contributed by atoms with Crippen molar-refractivity contribution in [1.29, 1.82) is 0 Å². The van der Waals surface area contributed by atoms with Gasteiger partial charge in [0.05, 0.1) is 11.9 Å². The van der Waals surface area contributed by atoms with E-state index >= 15 is 0 Å². The number of aryl methyl sites for hydroxylation is 3. The van der Waals surface area contributed by atoms with Crippen LogP contribution in [0.25, 0.3) is 5.69 Å². The molecular weight excluding hydrogens is 340 g/mol. The van der Waals surface area contributed by atoms with Gasteiger partial charge in [-0.2, -0.15) is 5.10 Å². The van der Waals surface area contributed by atoms with Crippen molar-refractivity contribution in [2.45, 2.75) is 41.5 Å². The first-order valence-electron chi connectivity index (χ1n) is 9.09. The Balaban J connectivity index is 2.16. The summed E-state index contributed by atoms with van der Waals surface area (Å²) in [4.78, 5) is 23.4. The van der Waals surface area contributed by atoms with Gasteiger partial charge in [-0.3, -0.25) is 9.59 Å². The SMILES string of the molecule is Cc1cccc(C)c1-n1c(C)cc(/C=N/NC(=O)C(=O)NCC(C)C)c1C. The van der Waals surface area contributed by atoms with Gasteiger partial charge in [0.15, 0.2) is 0 Å². The Labute approximate surface area is 160 Å². The molecule has 0 aliphatic carbocycles. The molecule has 0 aliphatic heterocycles. The largest absolute Gasteiger partial charge is 0.348 e. The van der Waals surface area contributed by atoms with Gasteiger partial charge in [0.2, 0.25) is 0 Å². The maximum atomic E-state index is 11.8. The number of carbonyl (C=O) groups excluding carboxylic acids is 2. The zero-order valence-corrected chi connectivity index (χ0v) is 16.9. The Bertz CT molecular complexity index is 858. The van der Waals surface area contributed by atoms with Crippen LogP contribution in [-0.4, -0.2) is 29.1 Å². The molecular formula is C21H28N4O2. The van der Waals surface area contributed by atoms with Gasteiger partial charge in [0.1, 0.15) is 0 Å². The van der Waals surface area contributed by atoms with E-state index in [1.165, 1.54) is 11.1 Å². The lowest BCUT2D eigenvalue weighted by Crippen LogP contribution is -2.39. The van der Waals surface area contributed by atoms with Crippen LogP contribution in [0.4, 0.5) is 0 Å². The number of hydrazone groups is 1. The van der Waals surface area contributed by atoms with Gasteiger partial charge in [-0.1, -0.05) is 32.0 Å². The molecule has 1 aromatic heterocycles. The number of rotatable bonds is 5. The van der Waals surface area contributed by atoms with E-state index in [4.69, 9.17) is 0 Å². The monoisotopic (exact) mass is 368 g/mol. The zero-order valence-electron chi connectivity index (χ0n) is 16.9. The number of hydrogen-bond acceptors (Lipinski definition) is 3. The first kappa shape index (κ1) is 20.4.